The fourth-order valence-corrected chi connectivity index (χ4v) is 6.86. The zero-order valence-corrected chi connectivity index (χ0v) is 24.1. The van der Waals surface area contributed by atoms with E-state index < -0.39 is 0 Å². The lowest BCUT2D eigenvalue weighted by atomic mass is 9.50. The SMILES string of the molecule is CCCCC(CC)C(CC(C)(C)C(C)(C)C(CC(C)(C)C)C1CCCCC1)C(C)(C)C. The summed E-state index contributed by atoms with van der Waals surface area (Å²) in [5, 5.41) is 0. The van der Waals surface area contributed by atoms with Crippen LogP contribution in [-0.2, 0) is 0 Å². The van der Waals surface area contributed by atoms with Crippen molar-refractivity contribution in [2.75, 3.05) is 0 Å². The van der Waals surface area contributed by atoms with Crippen LogP contribution < -0.4 is 0 Å². The monoisotopic (exact) mass is 434 g/mol. The van der Waals surface area contributed by atoms with Crippen LogP contribution in [0.3, 0.4) is 0 Å². The average molecular weight is 435 g/mol. The molecule has 0 aliphatic heterocycles. The van der Waals surface area contributed by atoms with Crippen LogP contribution in [-0.4, -0.2) is 0 Å². The Labute approximate surface area is 199 Å². The first-order valence-electron chi connectivity index (χ1n) is 14.1. The van der Waals surface area contributed by atoms with Crippen LogP contribution in [0.2, 0.25) is 0 Å². The molecule has 0 aromatic heterocycles. The van der Waals surface area contributed by atoms with Gasteiger partial charge < -0.3 is 0 Å². The van der Waals surface area contributed by atoms with Gasteiger partial charge in [0.25, 0.3) is 0 Å². The van der Waals surface area contributed by atoms with Crippen LogP contribution in [0, 0.1) is 45.3 Å². The van der Waals surface area contributed by atoms with E-state index in [0.29, 0.717) is 21.7 Å². The Kier molecular flexibility index (Phi) is 10.7. The maximum absolute atomic E-state index is 2.66. The van der Waals surface area contributed by atoms with E-state index in [0.717, 1.165) is 23.7 Å². The van der Waals surface area contributed by atoms with E-state index in [1.54, 1.807) is 0 Å². The largest absolute Gasteiger partial charge is 0.0654 e. The zero-order chi connectivity index (χ0) is 24.1. The Morgan fingerprint density at radius 1 is 0.742 bits per heavy atom. The average Bonchev–Trinajstić information content (AvgIpc) is 2.64. The zero-order valence-electron chi connectivity index (χ0n) is 24.1. The molecule has 0 aromatic carbocycles. The molecule has 1 saturated carbocycles. The van der Waals surface area contributed by atoms with E-state index >= 15 is 0 Å². The van der Waals surface area contributed by atoms with Gasteiger partial charge in [-0.05, 0) is 58.2 Å². The maximum atomic E-state index is 2.66. The van der Waals surface area contributed by atoms with E-state index in [2.05, 4.69) is 83.1 Å². The summed E-state index contributed by atoms with van der Waals surface area (Å²) in [6.07, 6.45) is 15.6. The lowest BCUT2D eigenvalue weighted by molar-refractivity contribution is -0.0541. The number of unbranched alkanes of at least 4 members (excludes halogenated alkanes) is 1. The standard InChI is InChI=1S/C31H62/c1-13-15-19-24(14-2)26(29(6,7)8)23-30(9,10)31(11,12)27(22-28(3,4)5)25-20-17-16-18-21-25/h24-27H,13-23H2,1-12H3. The topological polar surface area (TPSA) is 0 Å². The fraction of sp³-hybridized carbons (Fsp3) is 1.00. The number of rotatable bonds is 11. The van der Waals surface area contributed by atoms with Crippen molar-refractivity contribution < 1.29 is 0 Å². The summed E-state index contributed by atoms with van der Waals surface area (Å²) >= 11 is 0. The van der Waals surface area contributed by atoms with Crippen LogP contribution in [0.25, 0.3) is 0 Å². The van der Waals surface area contributed by atoms with Crippen LogP contribution in [0.15, 0.2) is 0 Å². The molecule has 0 amide bonds. The second-order valence-electron chi connectivity index (χ2n) is 14.9. The Morgan fingerprint density at radius 2 is 1.29 bits per heavy atom. The molecule has 0 spiro atoms. The summed E-state index contributed by atoms with van der Waals surface area (Å²) in [5.41, 5.74) is 1.49. The van der Waals surface area contributed by atoms with Crippen LogP contribution in [0.4, 0.5) is 0 Å². The molecule has 0 heteroatoms. The van der Waals surface area contributed by atoms with E-state index in [4.69, 9.17) is 0 Å². The molecule has 0 bridgehead atoms. The fourth-order valence-electron chi connectivity index (χ4n) is 6.86. The molecule has 0 radical (unpaired) electrons. The Hall–Kier alpha value is 0. The van der Waals surface area contributed by atoms with Gasteiger partial charge in [-0.3, -0.25) is 0 Å². The lowest BCUT2D eigenvalue weighted by Gasteiger charge is -2.55. The molecular formula is C31H62. The first-order chi connectivity index (χ1) is 14.1. The highest BCUT2D eigenvalue weighted by molar-refractivity contribution is 4.98. The first-order valence-corrected chi connectivity index (χ1v) is 14.1. The highest BCUT2D eigenvalue weighted by atomic mass is 14.5. The van der Waals surface area contributed by atoms with Gasteiger partial charge in [0.1, 0.15) is 0 Å². The third-order valence-electron chi connectivity index (χ3n) is 9.59. The molecule has 3 atom stereocenters. The molecule has 1 fully saturated rings. The van der Waals surface area contributed by atoms with Crippen LogP contribution in [0.1, 0.15) is 154 Å². The van der Waals surface area contributed by atoms with Crippen molar-refractivity contribution in [2.24, 2.45) is 45.3 Å². The maximum Gasteiger partial charge on any atom is -0.0272 e. The summed E-state index contributed by atoms with van der Waals surface area (Å²) in [5.74, 6) is 3.43. The second-order valence-corrected chi connectivity index (χ2v) is 14.9. The minimum Gasteiger partial charge on any atom is -0.0654 e. The molecule has 31 heavy (non-hydrogen) atoms. The van der Waals surface area contributed by atoms with Gasteiger partial charge in [-0.1, -0.05) is 141 Å². The quantitative estimate of drug-likeness (QED) is 0.303. The molecule has 186 valence electrons. The Balaban J connectivity index is 3.25. The third-order valence-corrected chi connectivity index (χ3v) is 9.59. The number of hydrogen-bond acceptors (Lipinski definition) is 0. The van der Waals surface area contributed by atoms with Crippen molar-refractivity contribution in [1.29, 1.82) is 0 Å². The molecule has 0 aromatic rings. The van der Waals surface area contributed by atoms with Crippen molar-refractivity contribution in [1.82, 2.24) is 0 Å². The lowest BCUT2D eigenvalue weighted by Crippen LogP contribution is -2.47. The van der Waals surface area contributed by atoms with E-state index in [-0.39, 0.29) is 0 Å². The smallest absolute Gasteiger partial charge is 0.0272 e. The van der Waals surface area contributed by atoms with E-state index in [1.807, 2.05) is 0 Å². The third kappa shape index (κ3) is 8.37. The summed E-state index contributed by atoms with van der Waals surface area (Å²) in [4.78, 5) is 0. The molecular weight excluding hydrogens is 372 g/mol. The molecule has 3 unspecified atom stereocenters. The van der Waals surface area contributed by atoms with E-state index in [1.165, 1.54) is 70.6 Å². The highest BCUT2D eigenvalue weighted by Gasteiger charge is 2.49. The number of hydrogen-bond donors (Lipinski definition) is 0. The van der Waals surface area contributed by atoms with Crippen LogP contribution in [0.5, 0.6) is 0 Å². The van der Waals surface area contributed by atoms with Crippen molar-refractivity contribution in [3.8, 4) is 0 Å². The van der Waals surface area contributed by atoms with Gasteiger partial charge >= 0.3 is 0 Å². The second kappa shape index (κ2) is 11.4. The Morgan fingerprint density at radius 3 is 1.71 bits per heavy atom. The molecule has 1 aliphatic carbocycles. The normalized spacial score (nSPS) is 20.5. The summed E-state index contributed by atoms with van der Waals surface area (Å²) in [6, 6.07) is 0. The van der Waals surface area contributed by atoms with Crippen molar-refractivity contribution >= 4 is 0 Å². The molecule has 0 heterocycles. The molecule has 0 nitrogen and oxygen atoms in total. The Bertz CT molecular complexity index is 489. The van der Waals surface area contributed by atoms with Gasteiger partial charge in [0, 0.05) is 0 Å². The van der Waals surface area contributed by atoms with E-state index in [9.17, 15) is 0 Å². The van der Waals surface area contributed by atoms with Crippen LogP contribution >= 0.6 is 0 Å². The minimum atomic E-state index is 0.345. The van der Waals surface area contributed by atoms with Gasteiger partial charge in [-0.15, -0.1) is 0 Å². The van der Waals surface area contributed by atoms with Gasteiger partial charge in [-0.25, -0.2) is 0 Å². The molecule has 1 aliphatic rings. The van der Waals surface area contributed by atoms with Gasteiger partial charge in [0.2, 0.25) is 0 Å². The predicted octanol–water partition coefficient (Wildman–Crippen LogP) is 10.9. The summed E-state index contributed by atoms with van der Waals surface area (Å²) in [6.45, 7) is 30.4. The summed E-state index contributed by atoms with van der Waals surface area (Å²) in [7, 11) is 0. The van der Waals surface area contributed by atoms with Gasteiger partial charge in [-0.2, -0.15) is 0 Å². The van der Waals surface area contributed by atoms with Gasteiger partial charge in [0.05, 0.1) is 0 Å². The van der Waals surface area contributed by atoms with Crippen molar-refractivity contribution in [2.45, 2.75) is 154 Å². The molecule has 0 saturated heterocycles. The highest BCUT2D eigenvalue weighted by Crippen LogP contribution is 2.57. The van der Waals surface area contributed by atoms with Crippen molar-refractivity contribution in [3.05, 3.63) is 0 Å². The minimum absolute atomic E-state index is 0.345. The first kappa shape index (κ1) is 29.0. The van der Waals surface area contributed by atoms with Gasteiger partial charge in [0.15, 0.2) is 0 Å². The summed E-state index contributed by atoms with van der Waals surface area (Å²) < 4.78 is 0. The molecule has 0 N–H and O–H groups in total. The van der Waals surface area contributed by atoms with Crippen molar-refractivity contribution in [3.63, 3.8) is 0 Å². The predicted molar refractivity (Wildman–Crippen MR) is 143 cm³/mol. The molecule has 1 rings (SSSR count).